The molecule has 0 saturated carbocycles. The Balaban J connectivity index is 2.45. The number of rotatable bonds is 2. The maximum Gasteiger partial charge on any atom is 0.223 e. The number of allylic oxidation sites excluding steroid dienone is 3. The number of aliphatic hydroxyl groups is 2. The summed E-state index contributed by atoms with van der Waals surface area (Å²) in [7, 11) is 0. The number of nitrogens with zero attached hydrogens (tertiary/aromatic N) is 1. The van der Waals surface area contributed by atoms with Gasteiger partial charge in [0.1, 0.15) is 5.78 Å². The number of nitrogens with one attached hydrogen (secondary N) is 1. The van der Waals surface area contributed by atoms with Crippen molar-refractivity contribution in [2.24, 2.45) is 23.2 Å². The quantitative estimate of drug-likeness (QED) is 0.536. The second kappa shape index (κ2) is 12.2. The summed E-state index contributed by atoms with van der Waals surface area (Å²) in [5.74, 6) is -1.38. The molecule has 6 atom stereocenters. The van der Waals surface area contributed by atoms with Crippen LogP contribution in [0.3, 0.4) is 0 Å². The molecule has 0 spiro atoms. The maximum absolute atomic E-state index is 13.2. The molecule has 0 aromatic carbocycles. The third-order valence-electron chi connectivity index (χ3n) is 7.12. The number of amides is 1. The van der Waals surface area contributed by atoms with E-state index in [0.29, 0.717) is 6.42 Å². The van der Waals surface area contributed by atoms with Crippen LogP contribution in [0.4, 0.5) is 0 Å². The summed E-state index contributed by atoms with van der Waals surface area (Å²) in [5, 5.41) is 27.7. The van der Waals surface area contributed by atoms with E-state index in [0.717, 1.165) is 21.8 Å². The second-order valence-corrected chi connectivity index (χ2v) is 11.8. The zero-order chi connectivity index (χ0) is 26.5. The first-order valence-corrected chi connectivity index (χ1v) is 13.3. The monoisotopic (exact) mass is 502 g/mol. The van der Waals surface area contributed by atoms with Crippen LogP contribution in [0.1, 0.15) is 72.0 Å². The highest BCUT2D eigenvalue weighted by atomic mass is 32.1. The van der Waals surface area contributed by atoms with E-state index < -0.39 is 23.5 Å². The van der Waals surface area contributed by atoms with Crippen molar-refractivity contribution in [3.05, 3.63) is 45.5 Å². The molecule has 1 amide bonds. The van der Waals surface area contributed by atoms with Gasteiger partial charge in [-0.15, -0.1) is 11.3 Å². The van der Waals surface area contributed by atoms with Gasteiger partial charge in [0.2, 0.25) is 5.91 Å². The first-order valence-electron chi connectivity index (χ1n) is 12.4. The molecule has 6 nitrogen and oxygen atoms in total. The molecule has 1 aromatic heterocycles. The predicted molar refractivity (Wildman–Crippen MR) is 143 cm³/mol. The lowest BCUT2D eigenvalue weighted by molar-refractivity contribution is -0.143. The molecule has 0 unspecified atom stereocenters. The molecule has 35 heavy (non-hydrogen) atoms. The van der Waals surface area contributed by atoms with Crippen LogP contribution in [0.15, 0.2) is 34.8 Å². The molecule has 7 heteroatoms. The number of hydrogen-bond acceptors (Lipinski definition) is 6. The van der Waals surface area contributed by atoms with Gasteiger partial charge in [-0.1, -0.05) is 58.4 Å². The Hall–Kier alpha value is -2.09. The summed E-state index contributed by atoms with van der Waals surface area (Å²) in [4.78, 5) is 30.8. The van der Waals surface area contributed by atoms with Crippen molar-refractivity contribution in [1.29, 1.82) is 0 Å². The smallest absolute Gasteiger partial charge is 0.223 e. The summed E-state index contributed by atoms with van der Waals surface area (Å²) >= 11 is 1.58. The van der Waals surface area contributed by atoms with E-state index in [1.165, 1.54) is 0 Å². The Kier molecular flexibility index (Phi) is 10.2. The van der Waals surface area contributed by atoms with E-state index in [-0.39, 0.29) is 36.0 Å². The van der Waals surface area contributed by atoms with Crippen molar-refractivity contribution >= 4 is 29.1 Å². The number of Topliss-reactive ketones (excluding diaryl/α,β-unsaturated/α-hetero) is 1. The van der Waals surface area contributed by atoms with Crippen molar-refractivity contribution in [3.63, 3.8) is 0 Å². The molecule has 3 N–H and O–H groups in total. The molecule has 0 radical (unpaired) electrons. The topological polar surface area (TPSA) is 99.5 Å². The standard InChI is InChI=1S/C28H42N2O4S/c1-16-10-9-11-17(2)26(33)20(5)27(34)28(7,8)23(31)14-24(32)30-25(18(3)12-16)19(4)13-22-15-35-21(6)29-22/h9-10,12-13,15,17-18,20,23,25-26,31,33H,11,14H2,1-8H3,(H,30,32)/b10-9+,16-12+,19-13+/t17-,18-,20+,23-,25-,26-/m0/s1. The normalized spacial score (nSPS) is 34.1. The molecule has 1 aliphatic heterocycles. The highest BCUT2D eigenvalue weighted by Gasteiger charge is 2.42. The predicted octanol–water partition coefficient (Wildman–Crippen LogP) is 4.86. The highest BCUT2D eigenvalue weighted by molar-refractivity contribution is 7.09. The zero-order valence-electron chi connectivity index (χ0n) is 22.3. The van der Waals surface area contributed by atoms with Crippen molar-refractivity contribution in [2.45, 2.75) is 86.5 Å². The fraction of sp³-hybridized carbons (Fsp3) is 0.607. The first kappa shape index (κ1) is 29.1. The first-order chi connectivity index (χ1) is 16.2. The van der Waals surface area contributed by atoms with Crippen LogP contribution in [-0.2, 0) is 9.59 Å². The molecule has 0 aliphatic carbocycles. The highest BCUT2D eigenvalue weighted by Crippen LogP contribution is 2.31. The van der Waals surface area contributed by atoms with Crippen LogP contribution in [0.5, 0.6) is 0 Å². The van der Waals surface area contributed by atoms with Crippen molar-refractivity contribution in [3.8, 4) is 0 Å². The van der Waals surface area contributed by atoms with Gasteiger partial charge in [0, 0.05) is 11.3 Å². The van der Waals surface area contributed by atoms with E-state index in [1.54, 1.807) is 32.1 Å². The van der Waals surface area contributed by atoms with Crippen molar-refractivity contribution in [2.75, 3.05) is 0 Å². The molecule has 0 saturated heterocycles. The largest absolute Gasteiger partial charge is 0.392 e. The Bertz CT molecular complexity index is 991. The van der Waals surface area contributed by atoms with E-state index in [4.69, 9.17) is 0 Å². The van der Waals surface area contributed by atoms with Gasteiger partial charge in [0.15, 0.2) is 0 Å². The molecule has 2 heterocycles. The van der Waals surface area contributed by atoms with Gasteiger partial charge in [0.05, 0.1) is 40.8 Å². The van der Waals surface area contributed by atoms with E-state index >= 15 is 0 Å². The van der Waals surface area contributed by atoms with Crippen LogP contribution >= 0.6 is 11.3 Å². The zero-order valence-corrected chi connectivity index (χ0v) is 23.1. The molecule has 0 fully saturated rings. The Morgan fingerprint density at radius 1 is 1.20 bits per heavy atom. The van der Waals surface area contributed by atoms with Crippen LogP contribution in [0.25, 0.3) is 6.08 Å². The average molecular weight is 503 g/mol. The number of aliphatic hydroxyl groups excluding tert-OH is 2. The minimum absolute atomic E-state index is 0.0256. The van der Waals surface area contributed by atoms with Gasteiger partial charge >= 0.3 is 0 Å². The molecule has 0 bridgehead atoms. The van der Waals surface area contributed by atoms with Gasteiger partial charge in [0.25, 0.3) is 0 Å². The van der Waals surface area contributed by atoms with Gasteiger partial charge in [-0.05, 0) is 50.7 Å². The third kappa shape index (κ3) is 7.69. The molecular weight excluding hydrogens is 460 g/mol. The fourth-order valence-electron chi connectivity index (χ4n) is 4.67. The van der Waals surface area contributed by atoms with E-state index in [2.05, 4.69) is 16.4 Å². The molecule has 194 valence electrons. The summed E-state index contributed by atoms with van der Waals surface area (Å²) in [6, 6.07) is -0.300. The number of hydrogen-bond donors (Lipinski definition) is 3. The average Bonchev–Trinajstić information content (AvgIpc) is 3.19. The van der Waals surface area contributed by atoms with E-state index in [1.807, 2.05) is 58.2 Å². The van der Waals surface area contributed by atoms with Crippen LogP contribution in [0.2, 0.25) is 0 Å². The number of carbonyl (C=O) groups is 2. The Labute approximate surface area is 214 Å². The number of carbonyl (C=O) groups excluding carboxylic acids is 2. The molecule has 2 rings (SSSR count). The number of ketones is 1. The SMILES string of the molecule is CC1=C\[C@H](C)[C@@H](/C(C)=C/c2csc(C)n2)NC(=O)C[C@H](O)C(C)(C)C(=O)[C@H](C)[C@@H](O)[C@@H](C)C\C=C\1. The minimum Gasteiger partial charge on any atom is -0.392 e. The maximum atomic E-state index is 13.2. The van der Waals surface area contributed by atoms with E-state index in [9.17, 15) is 19.8 Å². The lowest BCUT2D eigenvalue weighted by Crippen LogP contribution is -2.47. The number of aryl methyl sites for hydroxylation is 1. The fourth-order valence-corrected chi connectivity index (χ4v) is 5.24. The third-order valence-corrected chi connectivity index (χ3v) is 7.91. The van der Waals surface area contributed by atoms with Crippen molar-refractivity contribution < 1.29 is 19.8 Å². The molecule has 1 aromatic rings. The van der Waals surface area contributed by atoms with Crippen LogP contribution < -0.4 is 5.32 Å². The van der Waals surface area contributed by atoms with Crippen molar-refractivity contribution in [1.82, 2.24) is 10.3 Å². The van der Waals surface area contributed by atoms with Gasteiger partial charge in [-0.3, -0.25) is 9.59 Å². The van der Waals surface area contributed by atoms with Crippen LogP contribution in [-0.4, -0.2) is 45.1 Å². The summed E-state index contributed by atoms with van der Waals surface area (Å²) in [6.07, 6.45) is 6.55. The lowest BCUT2D eigenvalue weighted by Gasteiger charge is -2.34. The molecule has 1 aliphatic rings. The number of aromatic nitrogens is 1. The minimum atomic E-state index is -1.18. The summed E-state index contributed by atoms with van der Waals surface area (Å²) < 4.78 is 0. The Morgan fingerprint density at radius 2 is 1.86 bits per heavy atom. The second-order valence-electron chi connectivity index (χ2n) is 10.7. The van der Waals surface area contributed by atoms with Gasteiger partial charge in [-0.25, -0.2) is 4.98 Å². The molecular formula is C28H42N2O4S. The lowest BCUT2D eigenvalue weighted by atomic mass is 9.73. The number of thiazole rings is 1. The van der Waals surface area contributed by atoms with Gasteiger partial charge < -0.3 is 15.5 Å². The van der Waals surface area contributed by atoms with Gasteiger partial charge in [-0.2, -0.15) is 0 Å². The van der Waals surface area contributed by atoms with Crippen LogP contribution in [0, 0.1) is 30.1 Å². The summed E-state index contributed by atoms with van der Waals surface area (Å²) in [6.45, 7) is 14.9. The Morgan fingerprint density at radius 3 is 2.46 bits per heavy atom. The summed E-state index contributed by atoms with van der Waals surface area (Å²) in [5.41, 5.74) is 1.69.